The van der Waals surface area contributed by atoms with Crippen LogP contribution in [0.25, 0.3) is 0 Å². The van der Waals surface area contributed by atoms with Gasteiger partial charge in [-0.05, 0) is 67.8 Å². The van der Waals surface area contributed by atoms with Gasteiger partial charge in [0, 0.05) is 26.1 Å². The van der Waals surface area contributed by atoms with E-state index in [4.69, 9.17) is 0 Å². The molecule has 0 bridgehead atoms. The van der Waals surface area contributed by atoms with Crippen LogP contribution in [0.2, 0.25) is 0 Å². The summed E-state index contributed by atoms with van der Waals surface area (Å²) in [6, 6.07) is 6.88. The third-order valence-corrected chi connectivity index (χ3v) is 6.62. The number of fused-ring (bicyclic) bond motifs is 1. The van der Waals surface area contributed by atoms with Crippen LogP contribution in [0.4, 0.5) is 4.39 Å². The zero-order valence-corrected chi connectivity index (χ0v) is 18.0. The van der Waals surface area contributed by atoms with Crippen LogP contribution in [-0.2, 0) is 19.5 Å². The molecular weight excluding hydrogens is 381 g/mol. The van der Waals surface area contributed by atoms with Crippen molar-refractivity contribution in [3.05, 3.63) is 47.3 Å². The number of aromatic nitrogens is 3. The smallest absolute Gasteiger partial charge is 0.289 e. The number of likely N-dealkylation sites (tertiary alicyclic amines) is 1. The Morgan fingerprint density at radius 2 is 2.03 bits per heavy atom. The van der Waals surface area contributed by atoms with Crippen molar-refractivity contribution in [2.24, 2.45) is 11.3 Å². The summed E-state index contributed by atoms with van der Waals surface area (Å²) in [6.07, 6.45) is 5.07. The van der Waals surface area contributed by atoms with Crippen LogP contribution in [0.1, 0.15) is 61.5 Å². The number of piperidine rings is 1. The lowest BCUT2D eigenvalue weighted by molar-refractivity contribution is 0.0617. The minimum Gasteiger partial charge on any atom is -0.349 e. The normalized spacial score (nSPS) is 18.5. The molecule has 0 aliphatic carbocycles. The summed E-state index contributed by atoms with van der Waals surface area (Å²) in [7, 11) is 0. The standard InChI is InChI=1S/C23H32FN5O/c1-17(2)7-11-25-22(30)21-27-26-20-6-8-23(16-29(20)21)9-12-28(13-10-23)15-18-4-3-5-19(24)14-18/h3-5,14,17H,6-13,15-16H2,1-2H3,(H,25,30). The minimum absolute atomic E-state index is 0.116. The number of amides is 1. The van der Waals surface area contributed by atoms with Gasteiger partial charge in [-0.3, -0.25) is 9.69 Å². The van der Waals surface area contributed by atoms with Crippen molar-refractivity contribution in [2.75, 3.05) is 19.6 Å². The van der Waals surface area contributed by atoms with Crippen molar-refractivity contribution in [1.29, 1.82) is 0 Å². The van der Waals surface area contributed by atoms with Crippen LogP contribution in [-0.4, -0.2) is 45.2 Å². The maximum absolute atomic E-state index is 13.5. The van der Waals surface area contributed by atoms with Gasteiger partial charge in [-0.1, -0.05) is 26.0 Å². The molecular formula is C23H32FN5O. The molecule has 1 N–H and O–H groups in total. The molecule has 1 fully saturated rings. The number of benzene rings is 1. The molecule has 6 nitrogen and oxygen atoms in total. The van der Waals surface area contributed by atoms with Gasteiger partial charge in [0.15, 0.2) is 0 Å². The Morgan fingerprint density at radius 3 is 2.77 bits per heavy atom. The van der Waals surface area contributed by atoms with Crippen LogP contribution in [0.15, 0.2) is 24.3 Å². The highest BCUT2D eigenvalue weighted by Gasteiger charge is 2.39. The number of rotatable bonds is 6. The van der Waals surface area contributed by atoms with Crippen LogP contribution >= 0.6 is 0 Å². The van der Waals surface area contributed by atoms with Gasteiger partial charge in [0.25, 0.3) is 5.91 Å². The predicted octanol–water partition coefficient (Wildman–Crippen LogP) is 3.42. The van der Waals surface area contributed by atoms with E-state index in [2.05, 4.69) is 38.8 Å². The first-order chi connectivity index (χ1) is 14.4. The maximum atomic E-state index is 13.5. The van der Waals surface area contributed by atoms with Crippen molar-refractivity contribution in [1.82, 2.24) is 25.0 Å². The molecule has 30 heavy (non-hydrogen) atoms. The van der Waals surface area contributed by atoms with Crippen LogP contribution in [0.3, 0.4) is 0 Å². The lowest BCUT2D eigenvalue weighted by Crippen LogP contribution is -2.44. The summed E-state index contributed by atoms with van der Waals surface area (Å²) in [5.74, 6) is 1.65. The first-order valence-corrected chi connectivity index (χ1v) is 11.1. The monoisotopic (exact) mass is 413 g/mol. The Kier molecular flexibility index (Phi) is 6.18. The van der Waals surface area contributed by atoms with Gasteiger partial charge in [0.1, 0.15) is 11.6 Å². The van der Waals surface area contributed by atoms with Crippen molar-refractivity contribution < 1.29 is 9.18 Å². The molecule has 0 saturated carbocycles. The first kappa shape index (κ1) is 21.0. The molecule has 0 radical (unpaired) electrons. The lowest BCUT2D eigenvalue weighted by atomic mass is 9.73. The number of nitrogens with one attached hydrogen (secondary N) is 1. The highest BCUT2D eigenvalue weighted by atomic mass is 19.1. The molecule has 7 heteroatoms. The fraction of sp³-hybridized carbons (Fsp3) is 0.609. The molecule has 162 valence electrons. The molecule has 1 saturated heterocycles. The number of hydrogen-bond acceptors (Lipinski definition) is 4. The second kappa shape index (κ2) is 8.84. The Morgan fingerprint density at radius 1 is 1.23 bits per heavy atom. The Bertz CT molecular complexity index is 885. The Balaban J connectivity index is 1.37. The summed E-state index contributed by atoms with van der Waals surface area (Å²) in [6.45, 7) is 8.54. The average Bonchev–Trinajstić information content (AvgIpc) is 3.12. The number of carbonyl (C=O) groups is 1. The summed E-state index contributed by atoms with van der Waals surface area (Å²) in [5.41, 5.74) is 1.22. The molecule has 2 aliphatic rings. The van der Waals surface area contributed by atoms with E-state index in [0.717, 1.165) is 69.7 Å². The fourth-order valence-electron chi connectivity index (χ4n) is 4.69. The SMILES string of the molecule is CC(C)CCNC(=O)c1nnc2n1CC1(CC2)CCN(Cc2cccc(F)c2)CC1. The average molecular weight is 414 g/mol. The fourth-order valence-corrected chi connectivity index (χ4v) is 4.69. The summed E-state index contributed by atoms with van der Waals surface area (Å²) >= 11 is 0. The predicted molar refractivity (Wildman–Crippen MR) is 113 cm³/mol. The highest BCUT2D eigenvalue weighted by Crippen LogP contribution is 2.41. The lowest BCUT2D eigenvalue weighted by Gasteiger charge is -2.44. The Labute approximate surface area is 177 Å². The van der Waals surface area contributed by atoms with Gasteiger partial charge in [-0.2, -0.15) is 0 Å². The summed E-state index contributed by atoms with van der Waals surface area (Å²) < 4.78 is 15.5. The van der Waals surface area contributed by atoms with Gasteiger partial charge in [0.05, 0.1) is 0 Å². The van der Waals surface area contributed by atoms with Crippen LogP contribution in [0.5, 0.6) is 0 Å². The van der Waals surface area contributed by atoms with Gasteiger partial charge in [0.2, 0.25) is 5.82 Å². The van der Waals surface area contributed by atoms with E-state index in [1.165, 1.54) is 6.07 Å². The topological polar surface area (TPSA) is 63.1 Å². The second-order valence-corrected chi connectivity index (χ2v) is 9.37. The zero-order chi connectivity index (χ0) is 21.1. The number of carbonyl (C=O) groups excluding carboxylic acids is 1. The molecule has 1 aromatic carbocycles. The second-order valence-electron chi connectivity index (χ2n) is 9.37. The van der Waals surface area contributed by atoms with E-state index in [0.29, 0.717) is 18.3 Å². The molecule has 1 amide bonds. The third-order valence-electron chi connectivity index (χ3n) is 6.62. The quantitative estimate of drug-likeness (QED) is 0.788. The maximum Gasteiger partial charge on any atom is 0.289 e. The van der Waals surface area contributed by atoms with Crippen molar-refractivity contribution in [3.8, 4) is 0 Å². The molecule has 1 aromatic heterocycles. The minimum atomic E-state index is -0.174. The van der Waals surface area contributed by atoms with E-state index in [1.807, 2.05) is 6.07 Å². The molecule has 0 atom stereocenters. The van der Waals surface area contributed by atoms with Crippen molar-refractivity contribution in [2.45, 2.75) is 59.0 Å². The van der Waals surface area contributed by atoms with Gasteiger partial charge < -0.3 is 9.88 Å². The van der Waals surface area contributed by atoms with Crippen molar-refractivity contribution in [3.63, 3.8) is 0 Å². The summed E-state index contributed by atoms with van der Waals surface area (Å²) in [5, 5.41) is 11.5. The molecule has 4 rings (SSSR count). The molecule has 2 aliphatic heterocycles. The van der Waals surface area contributed by atoms with E-state index >= 15 is 0 Å². The Hall–Kier alpha value is -2.28. The third kappa shape index (κ3) is 4.72. The van der Waals surface area contributed by atoms with Crippen LogP contribution < -0.4 is 5.32 Å². The summed E-state index contributed by atoms with van der Waals surface area (Å²) in [4.78, 5) is 15.0. The van der Waals surface area contributed by atoms with E-state index in [9.17, 15) is 9.18 Å². The van der Waals surface area contributed by atoms with Crippen LogP contribution in [0, 0.1) is 17.2 Å². The van der Waals surface area contributed by atoms with E-state index in [-0.39, 0.29) is 17.1 Å². The van der Waals surface area contributed by atoms with E-state index < -0.39 is 0 Å². The number of halogens is 1. The van der Waals surface area contributed by atoms with E-state index in [1.54, 1.807) is 12.1 Å². The van der Waals surface area contributed by atoms with Gasteiger partial charge in [-0.15, -0.1) is 10.2 Å². The van der Waals surface area contributed by atoms with Gasteiger partial charge in [-0.25, -0.2) is 4.39 Å². The largest absolute Gasteiger partial charge is 0.349 e. The molecule has 3 heterocycles. The number of nitrogens with zero attached hydrogens (tertiary/aromatic N) is 4. The molecule has 2 aromatic rings. The molecule has 0 unspecified atom stereocenters. The number of hydrogen-bond donors (Lipinski definition) is 1. The first-order valence-electron chi connectivity index (χ1n) is 11.1. The molecule has 1 spiro atoms. The van der Waals surface area contributed by atoms with Gasteiger partial charge >= 0.3 is 0 Å². The zero-order valence-electron chi connectivity index (χ0n) is 18.0. The highest BCUT2D eigenvalue weighted by molar-refractivity contribution is 5.90. The number of aryl methyl sites for hydroxylation is 1. The van der Waals surface area contributed by atoms with Crippen molar-refractivity contribution >= 4 is 5.91 Å².